The van der Waals surface area contributed by atoms with Crippen LogP contribution in [0, 0.1) is 0 Å². The van der Waals surface area contributed by atoms with Crippen molar-refractivity contribution in [1.29, 1.82) is 0 Å². The molecule has 0 saturated heterocycles. The molecule has 1 aliphatic carbocycles. The molecule has 0 atom stereocenters. The van der Waals surface area contributed by atoms with Gasteiger partial charge in [-0.2, -0.15) is 0 Å². The minimum atomic E-state index is -1.08. The van der Waals surface area contributed by atoms with Gasteiger partial charge in [-0.15, -0.1) is 11.3 Å². The zero-order valence-corrected chi connectivity index (χ0v) is 19.4. The van der Waals surface area contributed by atoms with E-state index in [9.17, 15) is 0 Å². The third-order valence-corrected chi connectivity index (χ3v) is 4.47. The van der Waals surface area contributed by atoms with E-state index in [0.717, 1.165) is 25.1 Å². The van der Waals surface area contributed by atoms with E-state index in [0.29, 0.717) is 0 Å². The molecule has 1 aliphatic heterocycles. The van der Waals surface area contributed by atoms with Crippen molar-refractivity contribution >= 4 is 39.2 Å². The molecule has 0 aromatic heterocycles. The molecule has 0 radical (unpaired) electrons. The summed E-state index contributed by atoms with van der Waals surface area (Å²) in [6.07, 6.45) is 0. The molecule has 1 aromatic carbocycles. The zero-order valence-electron chi connectivity index (χ0n) is 17.1. The van der Waals surface area contributed by atoms with Crippen LogP contribution in [0.25, 0.3) is 20.8 Å². The summed E-state index contributed by atoms with van der Waals surface area (Å²) in [5, 5.41) is 19.0. The van der Waals surface area contributed by atoms with Crippen LogP contribution >= 0.6 is 11.3 Å². The zero-order chi connectivity index (χ0) is 21.4. The third-order valence-electron chi connectivity index (χ3n) is 3.38. The first kappa shape index (κ1) is 26.7. The number of rotatable bonds is 1. The largest absolute Gasteiger partial charge is 1.00 e. The van der Waals surface area contributed by atoms with Gasteiger partial charge in [0.15, 0.2) is 0 Å². The molecule has 0 amide bonds. The molecule has 7 nitrogen and oxygen atoms in total. The molecule has 160 valence electrons. The second-order valence-corrected chi connectivity index (χ2v) is 7.37. The van der Waals surface area contributed by atoms with Gasteiger partial charge >= 0.3 is 22.4 Å². The summed E-state index contributed by atoms with van der Waals surface area (Å²) in [4.78, 5) is 25.9. The fourth-order valence-electron chi connectivity index (χ4n) is 2.16. The molecule has 0 bridgehead atoms. The van der Waals surface area contributed by atoms with Crippen LogP contribution in [0.3, 0.4) is 0 Å². The molecule has 1 aromatic rings. The smallest absolute Gasteiger partial charge is 0.550 e. The van der Waals surface area contributed by atoms with Crippen molar-refractivity contribution in [2.75, 3.05) is 33.1 Å². The van der Waals surface area contributed by atoms with Crippen molar-refractivity contribution in [2.45, 2.75) is 13.8 Å². The maximum Gasteiger partial charge on any atom is 1.00 e. The number of aromatic nitrogens is 1. The summed E-state index contributed by atoms with van der Waals surface area (Å²) in [6.45, 7) is 1.94. The van der Waals surface area contributed by atoms with Gasteiger partial charge in [0, 0.05) is 43.9 Å². The number of carbonyl (C=O) groups excluding carboxylic acids is 2. The number of nitrogens with zero attached hydrogens (tertiary/aromatic N) is 3. The predicted molar refractivity (Wildman–Crippen MR) is 109 cm³/mol. The van der Waals surface area contributed by atoms with Crippen LogP contribution in [0.5, 0.6) is 0 Å². The minimum Gasteiger partial charge on any atom is -0.550 e. The van der Waals surface area contributed by atoms with Crippen molar-refractivity contribution in [1.82, 2.24) is 9.56 Å². The van der Waals surface area contributed by atoms with Gasteiger partial charge in [0.1, 0.15) is 14.1 Å². The van der Waals surface area contributed by atoms with Gasteiger partial charge in [0.05, 0.1) is 20.8 Å². The van der Waals surface area contributed by atoms with Crippen LogP contribution in [-0.2, 0) is 32.0 Å². The molecule has 1 heterocycles. The fourth-order valence-corrected chi connectivity index (χ4v) is 3.19. The van der Waals surface area contributed by atoms with Gasteiger partial charge in [0.25, 0.3) is 0 Å². The van der Waals surface area contributed by atoms with E-state index in [-0.39, 0.29) is 22.4 Å². The first-order valence-electron chi connectivity index (χ1n) is 8.38. The fraction of sp³-hybridized carbons (Fsp3) is 0.300. The van der Waals surface area contributed by atoms with E-state index in [1.807, 2.05) is 0 Å². The number of benzene rings is 2. The number of fused-ring (bicyclic) bond motifs is 2. The van der Waals surface area contributed by atoms with Crippen molar-refractivity contribution in [3.8, 4) is 10.6 Å². The molecule has 3 rings (SSSR count). The van der Waals surface area contributed by atoms with Crippen LogP contribution in [-0.4, -0.2) is 45.1 Å². The number of hydrogen-bond donors (Lipinski definition) is 0. The number of carboxylic acids is 2. The second-order valence-electron chi connectivity index (χ2n) is 6.29. The molecule has 29 heavy (non-hydrogen) atoms. The van der Waals surface area contributed by atoms with Crippen LogP contribution in [0.15, 0.2) is 36.4 Å². The SMILES string of the molecule is CC(=O)[O-].CC(=O)[O-].CN(C)c1ccc2nc3ccc(=[N+](C)C)cc-3sc2c1.[Ag+]. The summed E-state index contributed by atoms with van der Waals surface area (Å²) in [7, 11) is 8.24. The molecule has 2 aliphatic rings. The average Bonchev–Trinajstić information content (AvgIpc) is 2.57. The maximum atomic E-state index is 8.89. The number of anilines is 1. The summed E-state index contributed by atoms with van der Waals surface area (Å²) < 4.78 is 3.34. The topological polar surface area (TPSA) is 99.4 Å². The number of carbonyl (C=O) groups is 2. The Hall–Kier alpha value is -2.26. The molecule has 0 saturated carbocycles. The van der Waals surface area contributed by atoms with E-state index >= 15 is 0 Å². The maximum absolute atomic E-state index is 8.89. The Bertz CT molecular complexity index is 994. The van der Waals surface area contributed by atoms with E-state index in [4.69, 9.17) is 24.8 Å². The van der Waals surface area contributed by atoms with Gasteiger partial charge in [-0.25, -0.2) is 9.56 Å². The number of carboxylic acid groups (broad SMARTS) is 2. The minimum absolute atomic E-state index is 0. The molecule has 0 unspecified atom stereocenters. The van der Waals surface area contributed by atoms with Crippen molar-refractivity contribution in [3.05, 3.63) is 41.8 Å². The first-order chi connectivity index (χ1) is 13.0. The second kappa shape index (κ2) is 12.3. The monoisotopic (exact) mass is 509 g/mol. The Morgan fingerprint density at radius 2 is 1.55 bits per heavy atom. The van der Waals surface area contributed by atoms with Gasteiger partial charge in [-0.05, 0) is 38.1 Å². The van der Waals surface area contributed by atoms with Gasteiger partial charge in [-0.1, -0.05) is 0 Å². The van der Waals surface area contributed by atoms with Gasteiger partial charge in [-0.3, -0.25) is 0 Å². The molecule has 9 heteroatoms. The van der Waals surface area contributed by atoms with E-state index < -0.39 is 11.9 Å². The number of aliphatic carboxylic acids is 2. The molecular weight excluding hydrogens is 486 g/mol. The van der Waals surface area contributed by atoms with Crippen LogP contribution in [0.2, 0.25) is 0 Å². The van der Waals surface area contributed by atoms with Crippen molar-refractivity contribution in [2.24, 2.45) is 0 Å². The Balaban J connectivity index is 0.000000752. The van der Waals surface area contributed by atoms with Crippen LogP contribution in [0.4, 0.5) is 5.69 Å². The molecule has 0 fully saturated rings. The summed E-state index contributed by atoms with van der Waals surface area (Å²) in [6, 6.07) is 12.8. The van der Waals surface area contributed by atoms with E-state index in [1.165, 1.54) is 20.6 Å². The number of hydrogen-bond acceptors (Lipinski definition) is 7. The summed E-state index contributed by atoms with van der Waals surface area (Å²) in [5.74, 6) is -2.17. The Kier molecular flexibility index (Phi) is 11.4. The quantitative estimate of drug-likeness (QED) is 0.260. The summed E-state index contributed by atoms with van der Waals surface area (Å²) in [5.41, 5.74) is 3.33. The standard InChI is InChI=1S/C16H18N3S.2C2H4O2.Ag/c1-18(2)11-5-7-13-15(9-11)20-16-10-12(19(3)4)6-8-14(16)17-13;2*1-2(3)4;/h5-10H,1-4H3;2*1H3,(H,3,4);/q+1;;;+1/p-2. The third kappa shape index (κ3) is 9.19. The van der Waals surface area contributed by atoms with Gasteiger partial charge in [0.2, 0.25) is 5.36 Å². The van der Waals surface area contributed by atoms with Gasteiger partial charge < -0.3 is 24.7 Å². The average molecular weight is 510 g/mol. The molecule has 0 spiro atoms. The Morgan fingerprint density at radius 1 is 1.00 bits per heavy atom. The first-order valence-corrected chi connectivity index (χ1v) is 9.20. The van der Waals surface area contributed by atoms with Crippen molar-refractivity contribution < 1.29 is 42.2 Å². The normalized spacial score (nSPS) is 9.31. The summed E-state index contributed by atoms with van der Waals surface area (Å²) >= 11 is 1.80. The van der Waals surface area contributed by atoms with E-state index in [1.54, 1.807) is 11.3 Å². The predicted octanol–water partition coefficient (Wildman–Crippen LogP) is 0.00880. The van der Waals surface area contributed by atoms with E-state index in [2.05, 4.69) is 74.1 Å². The Morgan fingerprint density at radius 3 is 2.03 bits per heavy atom. The molecular formula is C20H24AgN3O4S. The van der Waals surface area contributed by atoms with Crippen molar-refractivity contribution in [3.63, 3.8) is 0 Å². The Labute approximate surface area is 189 Å². The van der Waals surface area contributed by atoms with Crippen LogP contribution < -0.4 is 25.0 Å². The van der Waals surface area contributed by atoms with Crippen LogP contribution in [0.1, 0.15) is 13.8 Å². The molecule has 0 N–H and O–H groups in total.